The maximum atomic E-state index is 12.5. The van der Waals surface area contributed by atoms with Gasteiger partial charge in [0.15, 0.2) is 0 Å². The number of hydrogen-bond donors (Lipinski definition) is 0. The van der Waals surface area contributed by atoms with Crippen LogP contribution in [0.1, 0.15) is 48.5 Å². The predicted molar refractivity (Wildman–Crippen MR) is 82.4 cm³/mol. The highest BCUT2D eigenvalue weighted by atomic mass is 79.9. The Labute approximate surface area is 124 Å². The molecule has 0 aliphatic carbocycles. The summed E-state index contributed by atoms with van der Waals surface area (Å²) < 4.78 is 0.902. The van der Waals surface area contributed by atoms with Crippen molar-refractivity contribution in [1.29, 1.82) is 0 Å². The zero-order chi connectivity index (χ0) is 13.8. The smallest absolute Gasteiger partial charge is 0.255 e. The van der Waals surface area contributed by atoms with Crippen molar-refractivity contribution in [3.8, 4) is 0 Å². The van der Waals surface area contributed by atoms with Crippen LogP contribution in [-0.2, 0) is 0 Å². The Kier molecular flexibility index (Phi) is 5.03. The largest absolute Gasteiger partial charge is 0.339 e. The molecule has 0 aromatic heterocycles. The van der Waals surface area contributed by atoms with Crippen molar-refractivity contribution in [2.24, 2.45) is 5.92 Å². The van der Waals surface area contributed by atoms with Crippen molar-refractivity contribution >= 4 is 21.8 Å². The summed E-state index contributed by atoms with van der Waals surface area (Å²) in [5, 5.41) is 0. The lowest BCUT2D eigenvalue weighted by atomic mass is 9.92. The second kappa shape index (κ2) is 6.56. The number of amides is 1. The van der Waals surface area contributed by atoms with E-state index in [0.29, 0.717) is 0 Å². The fraction of sp³-hybridized carbons (Fsp3) is 0.562. The van der Waals surface area contributed by atoms with Crippen molar-refractivity contribution < 1.29 is 4.79 Å². The van der Waals surface area contributed by atoms with Crippen LogP contribution in [-0.4, -0.2) is 23.9 Å². The van der Waals surface area contributed by atoms with Crippen LogP contribution in [0.3, 0.4) is 0 Å². The SMILES string of the molecule is CCCC1CCN(C(=O)c2cc(C)ccc2Br)CC1. The van der Waals surface area contributed by atoms with Gasteiger partial charge in [-0.1, -0.05) is 31.4 Å². The van der Waals surface area contributed by atoms with E-state index in [2.05, 4.69) is 22.9 Å². The van der Waals surface area contributed by atoms with Crippen LogP contribution in [0.15, 0.2) is 22.7 Å². The first-order valence-corrected chi connectivity index (χ1v) is 7.96. The third-order valence-corrected chi connectivity index (χ3v) is 4.64. The molecule has 1 aromatic rings. The number of nitrogens with zero attached hydrogens (tertiary/aromatic N) is 1. The minimum atomic E-state index is 0.172. The molecule has 0 unspecified atom stereocenters. The van der Waals surface area contributed by atoms with Gasteiger partial charge in [0, 0.05) is 17.6 Å². The summed E-state index contributed by atoms with van der Waals surface area (Å²) in [5.41, 5.74) is 1.93. The lowest BCUT2D eigenvalue weighted by Crippen LogP contribution is -2.38. The normalized spacial score (nSPS) is 16.7. The van der Waals surface area contributed by atoms with E-state index in [4.69, 9.17) is 0 Å². The lowest BCUT2D eigenvalue weighted by molar-refractivity contribution is 0.0685. The number of carbonyl (C=O) groups excluding carboxylic acids is 1. The number of piperidine rings is 1. The van der Waals surface area contributed by atoms with Crippen LogP contribution in [0.2, 0.25) is 0 Å². The molecule has 1 aliphatic rings. The Bertz CT molecular complexity index is 450. The standard InChI is InChI=1S/C16H22BrNO/c1-3-4-13-7-9-18(10-8-13)16(19)14-11-12(2)5-6-15(14)17/h5-6,11,13H,3-4,7-10H2,1-2H3. The summed E-state index contributed by atoms with van der Waals surface area (Å²) in [6.45, 7) is 6.08. The minimum Gasteiger partial charge on any atom is -0.339 e. The molecule has 19 heavy (non-hydrogen) atoms. The predicted octanol–water partition coefficient (Wildman–Crippen LogP) is 4.41. The van der Waals surface area contributed by atoms with Gasteiger partial charge in [0.1, 0.15) is 0 Å². The highest BCUT2D eigenvalue weighted by Crippen LogP contribution is 2.25. The molecular formula is C16H22BrNO. The molecule has 3 heteroatoms. The van der Waals surface area contributed by atoms with Crippen LogP contribution >= 0.6 is 15.9 Å². The van der Waals surface area contributed by atoms with Crippen molar-refractivity contribution in [2.75, 3.05) is 13.1 Å². The lowest BCUT2D eigenvalue weighted by Gasteiger charge is -2.32. The van der Waals surface area contributed by atoms with Gasteiger partial charge in [-0.3, -0.25) is 4.79 Å². The Morgan fingerprint density at radius 1 is 1.37 bits per heavy atom. The van der Waals surface area contributed by atoms with Gasteiger partial charge in [-0.25, -0.2) is 0 Å². The highest BCUT2D eigenvalue weighted by molar-refractivity contribution is 9.10. The molecule has 1 saturated heterocycles. The van der Waals surface area contributed by atoms with Gasteiger partial charge in [0.2, 0.25) is 0 Å². The molecule has 0 bridgehead atoms. The van der Waals surface area contributed by atoms with Gasteiger partial charge in [0.25, 0.3) is 5.91 Å². The molecule has 0 N–H and O–H groups in total. The first kappa shape index (κ1) is 14.6. The van der Waals surface area contributed by atoms with Crippen molar-refractivity contribution in [3.05, 3.63) is 33.8 Å². The fourth-order valence-electron chi connectivity index (χ4n) is 2.81. The maximum absolute atomic E-state index is 12.5. The average molecular weight is 324 g/mol. The molecule has 0 atom stereocenters. The number of benzene rings is 1. The summed E-state index contributed by atoms with van der Waals surface area (Å²) >= 11 is 3.49. The molecule has 2 nitrogen and oxygen atoms in total. The molecule has 104 valence electrons. The maximum Gasteiger partial charge on any atom is 0.255 e. The van der Waals surface area contributed by atoms with Gasteiger partial charge in [-0.05, 0) is 53.7 Å². The van der Waals surface area contributed by atoms with E-state index >= 15 is 0 Å². The van der Waals surface area contributed by atoms with Gasteiger partial charge in [-0.15, -0.1) is 0 Å². The average Bonchev–Trinajstić information content (AvgIpc) is 2.42. The van der Waals surface area contributed by atoms with Crippen molar-refractivity contribution in [1.82, 2.24) is 4.90 Å². The van der Waals surface area contributed by atoms with Gasteiger partial charge in [0.05, 0.1) is 5.56 Å². The van der Waals surface area contributed by atoms with Crippen LogP contribution in [0, 0.1) is 12.8 Å². The molecular weight excluding hydrogens is 302 g/mol. The molecule has 2 rings (SSSR count). The number of rotatable bonds is 3. The Morgan fingerprint density at radius 2 is 2.05 bits per heavy atom. The highest BCUT2D eigenvalue weighted by Gasteiger charge is 2.24. The topological polar surface area (TPSA) is 20.3 Å². The van der Waals surface area contributed by atoms with E-state index < -0.39 is 0 Å². The van der Waals surface area contributed by atoms with E-state index in [1.807, 2.05) is 30.0 Å². The van der Waals surface area contributed by atoms with Gasteiger partial charge >= 0.3 is 0 Å². The molecule has 0 saturated carbocycles. The third-order valence-electron chi connectivity index (χ3n) is 3.95. The monoisotopic (exact) mass is 323 g/mol. The molecule has 1 fully saturated rings. The van der Waals surface area contributed by atoms with E-state index in [-0.39, 0.29) is 5.91 Å². The van der Waals surface area contributed by atoms with Crippen LogP contribution in [0.25, 0.3) is 0 Å². The molecule has 1 heterocycles. The van der Waals surface area contributed by atoms with E-state index in [0.717, 1.165) is 47.4 Å². The molecule has 1 amide bonds. The van der Waals surface area contributed by atoms with Gasteiger partial charge < -0.3 is 4.90 Å². The third kappa shape index (κ3) is 3.59. The fourth-order valence-corrected chi connectivity index (χ4v) is 3.22. The summed E-state index contributed by atoms with van der Waals surface area (Å²) in [6.07, 6.45) is 4.87. The second-order valence-electron chi connectivity index (χ2n) is 5.51. The van der Waals surface area contributed by atoms with Gasteiger partial charge in [-0.2, -0.15) is 0 Å². The number of likely N-dealkylation sites (tertiary alicyclic amines) is 1. The molecule has 1 aromatic carbocycles. The summed E-state index contributed by atoms with van der Waals surface area (Å²) in [7, 11) is 0. The molecule has 0 spiro atoms. The first-order chi connectivity index (χ1) is 9.11. The summed E-state index contributed by atoms with van der Waals surface area (Å²) in [6, 6.07) is 5.96. The minimum absolute atomic E-state index is 0.172. The quantitative estimate of drug-likeness (QED) is 0.806. The van der Waals surface area contributed by atoms with E-state index in [9.17, 15) is 4.79 Å². The number of aryl methyl sites for hydroxylation is 1. The van der Waals surface area contributed by atoms with Crippen molar-refractivity contribution in [2.45, 2.75) is 39.5 Å². The van der Waals surface area contributed by atoms with Crippen LogP contribution in [0.5, 0.6) is 0 Å². The number of carbonyl (C=O) groups is 1. The Morgan fingerprint density at radius 3 is 2.68 bits per heavy atom. The number of hydrogen-bond acceptors (Lipinski definition) is 1. The second-order valence-corrected chi connectivity index (χ2v) is 6.36. The van der Waals surface area contributed by atoms with E-state index in [1.165, 1.54) is 12.8 Å². The first-order valence-electron chi connectivity index (χ1n) is 7.17. The zero-order valence-electron chi connectivity index (χ0n) is 11.8. The molecule has 1 aliphatic heterocycles. The van der Waals surface area contributed by atoms with E-state index in [1.54, 1.807) is 0 Å². The van der Waals surface area contributed by atoms with Crippen molar-refractivity contribution in [3.63, 3.8) is 0 Å². The molecule has 0 radical (unpaired) electrons. The number of halogens is 1. The van der Waals surface area contributed by atoms with Crippen LogP contribution < -0.4 is 0 Å². The van der Waals surface area contributed by atoms with Crippen LogP contribution in [0.4, 0.5) is 0 Å². The Hall–Kier alpha value is -0.830. The summed E-state index contributed by atoms with van der Waals surface area (Å²) in [4.78, 5) is 14.5. The Balaban J connectivity index is 2.03. The summed E-state index contributed by atoms with van der Waals surface area (Å²) in [5.74, 6) is 0.987. The zero-order valence-corrected chi connectivity index (χ0v) is 13.4.